The van der Waals surface area contributed by atoms with Crippen LogP contribution in [0.15, 0.2) is 54.6 Å². The maximum Gasteiger partial charge on any atom is 0.247 e. The van der Waals surface area contributed by atoms with Crippen molar-refractivity contribution in [2.24, 2.45) is 11.8 Å². The maximum atomic E-state index is 12.4. The molecule has 0 heterocycles. The Morgan fingerprint density at radius 2 is 1.62 bits per heavy atom. The number of anilines is 1. The molecule has 0 radical (unpaired) electrons. The summed E-state index contributed by atoms with van der Waals surface area (Å²) in [5, 5.41) is 11.6. The van der Waals surface area contributed by atoms with Gasteiger partial charge in [0.15, 0.2) is 0 Å². The smallest absolute Gasteiger partial charge is 0.247 e. The van der Waals surface area contributed by atoms with Crippen LogP contribution in [0.25, 0.3) is 0 Å². The fraction of sp³-hybridized carbons (Fsp3) is 0.300. The first-order valence-electron chi connectivity index (χ1n) is 8.69. The van der Waals surface area contributed by atoms with Crippen LogP contribution in [0.3, 0.4) is 0 Å². The Hall–Kier alpha value is -2.86. The van der Waals surface area contributed by atoms with Gasteiger partial charge in [-0.05, 0) is 42.7 Å². The summed E-state index contributed by atoms with van der Waals surface area (Å²) in [4.78, 5) is 24.1. The largest absolute Gasteiger partial charge is 0.489 e. The highest BCUT2D eigenvalue weighted by molar-refractivity contribution is 5.96. The molecular formula is C20H22N2O4. The van der Waals surface area contributed by atoms with E-state index in [1.54, 1.807) is 29.7 Å². The van der Waals surface area contributed by atoms with Gasteiger partial charge in [0.1, 0.15) is 12.4 Å². The Kier molecular flexibility index (Phi) is 5.86. The summed E-state index contributed by atoms with van der Waals surface area (Å²) in [5.74, 6) is -0.878. The molecular weight excluding hydrogens is 332 g/mol. The number of hydrogen-bond acceptors (Lipinski definition) is 4. The molecule has 0 aromatic heterocycles. The van der Waals surface area contributed by atoms with Crippen LogP contribution in [-0.4, -0.2) is 17.0 Å². The van der Waals surface area contributed by atoms with Crippen LogP contribution in [0, 0.1) is 11.8 Å². The van der Waals surface area contributed by atoms with Crippen LogP contribution in [-0.2, 0) is 16.2 Å². The Labute approximate surface area is 152 Å². The molecule has 1 aliphatic carbocycles. The third kappa shape index (κ3) is 4.40. The first-order valence-corrected chi connectivity index (χ1v) is 8.69. The van der Waals surface area contributed by atoms with Crippen molar-refractivity contribution in [1.29, 1.82) is 0 Å². The molecule has 3 rings (SSSR count). The number of benzene rings is 2. The van der Waals surface area contributed by atoms with E-state index in [1.807, 2.05) is 30.3 Å². The van der Waals surface area contributed by atoms with E-state index in [9.17, 15) is 9.59 Å². The number of hydroxylamine groups is 1. The van der Waals surface area contributed by atoms with Crippen LogP contribution in [0.1, 0.15) is 24.8 Å². The molecule has 2 atom stereocenters. The van der Waals surface area contributed by atoms with Gasteiger partial charge in [-0.2, -0.15) is 0 Å². The van der Waals surface area contributed by atoms with Crippen molar-refractivity contribution in [3.63, 3.8) is 0 Å². The Bertz CT molecular complexity index is 746. The predicted molar refractivity (Wildman–Crippen MR) is 96.6 cm³/mol. The molecule has 6 nitrogen and oxygen atoms in total. The molecule has 1 fully saturated rings. The number of rotatable bonds is 6. The van der Waals surface area contributed by atoms with Gasteiger partial charge in [-0.15, -0.1) is 0 Å². The van der Waals surface area contributed by atoms with Gasteiger partial charge >= 0.3 is 0 Å². The second kappa shape index (κ2) is 8.49. The molecule has 2 aromatic rings. The van der Waals surface area contributed by atoms with Gasteiger partial charge in [-0.3, -0.25) is 14.8 Å². The van der Waals surface area contributed by atoms with E-state index in [2.05, 4.69) is 5.32 Å². The number of carbonyl (C=O) groups is 2. The van der Waals surface area contributed by atoms with E-state index < -0.39 is 17.7 Å². The molecule has 1 aliphatic rings. The van der Waals surface area contributed by atoms with E-state index in [0.29, 0.717) is 30.9 Å². The van der Waals surface area contributed by atoms with Crippen LogP contribution in [0.5, 0.6) is 5.75 Å². The number of hydrogen-bond donors (Lipinski definition) is 3. The van der Waals surface area contributed by atoms with E-state index >= 15 is 0 Å². The highest BCUT2D eigenvalue weighted by Gasteiger charge is 2.37. The average Bonchev–Trinajstić information content (AvgIpc) is 3.18. The minimum absolute atomic E-state index is 0.200. The van der Waals surface area contributed by atoms with Crippen molar-refractivity contribution in [3.8, 4) is 5.75 Å². The molecule has 136 valence electrons. The van der Waals surface area contributed by atoms with E-state index in [4.69, 9.17) is 9.94 Å². The van der Waals surface area contributed by atoms with Crippen molar-refractivity contribution in [3.05, 3.63) is 60.2 Å². The zero-order valence-electron chi connectivity index (χ0n) is 14.4. The number of carbonyl (C=O) groups excluding carboxylic acids is 2. The highest BCUT2D eigenvalue weighted by Crippen LogP contribution is 2.33. The third-order valence-corrected chi connectivity index (χ3v) is 4.67. The summed E-state index contributed by atoms with van der Waals surface area (Å²) in [6.07, 6.45) is 2.04. The van der Waals surface area contributed by atoms with Crippen molar-refractivity contribution >= 4 is 17.5 Å². The van der Waals surface area contributed by atoms with Crippen LogP contribution < -0.4 is 15.5 Å². The second-order valence-electron chi connectivity index (χ2n) is 6.41. The first kappa shape index (κ1) is 17.9. The lowest BCUT2D eigenvalue weighted by molar-refractivity contribution is -0.137. The van der Waals surface area contributed by atoms with Crippen molar-refractivity contribution in [2.45, 2.75) is 25.9 Å². The van der Waals surface area contributed by atoms with Gasteiger partial charge in [0.2, 0.25) is 11.8 Å². The van der Waals surface area contributed by atoms with Gasteiger partial charge in [-0.1, -0.05) is 36.8 Å². The van der Waals surface area contributed by atoms with E-state index in [1.165, 1.54) is 0 Å². The minimum Gasteiger partial charge on any atom is -0.489 e. The molecule has 2 amide bonds. The van der Waals surface area contributed by atoms with Crippen LogP contribution in [0.2, 0.25) is 0 Å². The lowest BCUT2D eigenvalue weighted by Crippen LogP contribution is -2.35. The summed E-state index contributed by atoms with van der Waals surface area (Å²) in [7, 11) is 0. The van der Waals surface area contributed by atoms with Crippen LogP contribution >= 0.6 is 0 Å². The third-order valence-electron chi connectivity index (χ3n) is 4.67. The monoisotopic (exact) mass is 354 g/mol. The molecule has 0 spiro atoms. The fourth-order valence-electron chi connectivity index (χ4n) is 3.28. The second-order valence-corrected chi connectivity index (χ2v) is 6.41. The van der Waals surface area contributed by atoms with Crippen molar-refractivity contribution < 1.29 is 19.5 Å². The summed E-state index contributed by atoms with van der Waals surface area (Å²) in [6.45, 7) is 0.479. The number of amides is 2. The lowest BCUT2D eigenvalue weighted by atomic mass is 9.94. The first-order chi connectivity index (χ1) is 12.7. The average molecular weight is 354 g/mol. The van der Waals surface area contributed by atoms with Gasteiger partial charge in [-0.25, -0.2) is 5.48 Å². The summed E-state index contributed by atoms with van der Waals surface area (Å²) >= 11 is 0. The standard InChI is InChI=1S/C20H22N2O4/c23-19(17-7-4-8-18(17)20(24)22-25)21-15-9-11-16(12-10-15)26-13-14-5-2-1-3-6-14/h1-3,5-6,9-12,17-18,25H,4,7-8,13H2,(H,21,23)(H,22,24)/t17-,18-/m1/s1. The quantitative estimate of drug-likeness (QED) is 0.549. The van der Waals surface area contributed by atoms with Crippen molar-refractivity contribution in [1.82, 2.24) is 5.48 Å². The topological polar surface area (TPSA) is 87.7 Å². The molecule has 0 bridgehead atoms. The Balaban J connectivity index is 1.55. The lowest BCUT2D eigenvalue weighted by Gasteiger charge is -2.17. The highest BCUT2D eigenvalue weighted by atomic mass is 16.5. The fourth-order valence-corrected chi connectivity index (χ4v) is 3.28. The molecule has 0 unspecified atom stereocenters. The molecule has 2 aromatic carbocycles. The molecule has 0 saturated heterocycles. The van der Waals surface area contributed by atoms with Gasteiger partial charge in [0, 0.05) is 11.6 Å². The normalized spacial score (nSPS) is 19.0. The zero-order valence-corrected chi connectivity index (χ0v) is 14.4. The van der Waals surface area contributed by atoms with E-state index in [-0.39, 0.29) is 5.91 Å². The number of ether oxygens (including phenoxy) is 1. The molecule has 26 heavy (non-hydrogen) atoms. The minimum atomic E-state index is -0.493. The zero-order chi connectivity index (χ0) is 18.4. The molecule has 1 saturated carbocycles. The van der Waals surface area contributed by atoms with Gasteiger partial charge < -0.3 is 10.1 Å². The van der Waals surface area contributed by atoms with E-state index in [0.717, 1.165) is 12.0 Å². The summed E-state index contributed by atoms with van der Waals surface area (Å²) < 4.78 is 5.72. The molecule has 6 heteroatoms. The summed E-state index contributed by atoms with van der Waals surface area (Å²) in [6, 6.07) is 17.0. The summed E-state index contributed by atoms with van der Waals surface area (Å²) in [5.41, 5.74) is 3.39. The molecule has 0 aliphatic heterocycles. The maximum absolute atomic E-state index is 12.4. The Morgan fingerprint density at radius 1 is 0.962 bits per heavy atom. The molecule has 3 N–H and O–H groups in total. The van der Waals surface area contributed by atoms with Crippen molar-refractivity contribution in [2.75, 3.05) is 5.32 Å². The SMILES string of the molecule is O=C(NO)[C@@H]1CCC[C@H]1C(=O)Nc1ccc(OCc2ccccc2)cc1. The van der Waals surface area contributed by atoms with Gasteiger partial charge in [0.05, 0.1) is 5.92 Å². The van der Waals surface area contributed by atoms with Crippen LogP contribution in [0.4, 0.5) is 5.69 Å². The Morgan fingerprint density at radius 3 is 2.27 bits per heavy atom. The van der Waals surface area contributed by atoms with Gasteiger partial charge in [0.25, 0.3) is 0 Å². The predicted octanol–water partition coefficient (Wildman–Crippen LogP) is 3.13. The number of nitrogens with one attached hydrogen (secondary N) is 2.